The van der Waals surface area contributed by atoms with E-state index in [2.05, 4.69) is 10.6 Å². The molecular weight excluding hydrogens is 348 g/mol. The number of amides is 2. The first-order chi connectivity index (χ1) is 12.8. The molecule has 3 N–H and O–H groups in total. The van der Waals surface area contributed by atoms with Gasteiger partial charge in [0.25, 0.3) is 11.8 Å². The van der Waals surface area contributed by atoms with E-state index >= 15 is 0 Å². The summed E-state index contributed by atoms with van der Waals surface area (Å²) in [5, 5.41) is 14.2. The summed E-state index contributed by atoms with van der Waals surface area (Å²) in [5.41, 5.74) is 2.22. The molecule has 27 heavy (non-hydrogen) atoms. The van der Waals surface area contributed by atoms with Crippen LogP contribution in [0.4, 0.5) is 5.69 Å². The molecule has 0 heterocycles. The van der Waals surface area contributed by atoms with Crippen molar-refractivity contribution in [2.45, 2.75) is 26.8 Å². The fraction of sp³-hybridized carbons (Fsp3) is 0.250. The van der Waals surface area contributed by atoms with Crippen molar-refractivity contribution in [3.63, 3.8) is 0 Å². The number of carbonyl (C=O) groups is 3. The lowest BCUT2D eigenvalue weighted by molar-refractivity contribution is -0.139. The van der Waals surface area contributed by atoms with Gasteiger partial charge in [0.2, 0.25) is 0 Å². The average Bonchev–Trinajstić information content (AvgIpc) is 2.61. The van der Waals surface area contributed by atoms with Crippen LogP contribution in [0.3, 0.4) is 0 Å². The van der Waals surface area contributed by atoms with E-state index in [-0.39, 0.29) is 17.9 Å². The van der Waals surface area contributed by atoms with Crippen molar-refractivity contribution in [1.29, 1.82) is 0 Å². The quantitative estimate of drug-likeness (QED) is 0.695. The zero-order valence-corrected chi connectivity index (χ0v) is 15.4. The van der Waals surface area contributed by atoms with Crippen molar-refractivity contribution in [2.24, 2.45) is 0 Å². The third-order valence-corrected chi connectivity index (χ3v) is 3.64. The van der Waals surface area contributed by atoms with Crippen LogP contribution in [0, 0.1) is 6.92 Å². The zero-order valence-electron chi connectivity index (χ0n) is 15.4. The number of carbonyl (C=O) groups excluding carboxylic acids is 2. The van der Waals surface area contributed by atoms with Gasteiger partial charge in [0.1, 0.15) is 5.75 Å². The number of aliphatic carboxylic acids is 1. The summed E-state index contributed by atoms with van der Waals surface area (Å²) in [4.78, 5) is 34.9. The predicted octanol–water partition coefficient (Wildman–Crippen LogP) is 2.85. The molecule has 0 atom stereocenters. The number of aryl methyl sites for hydroxylation is 1. The molecule has 2 aromatic rings. The highest BCUT2D eigenvalue weighted by Gasteiger charge is 2.11. The van der Waals surface area contributed by atoms with Crippen LogP contribution in [0.2, 0.25) is 0 Å². The van der Waals surface area contributed by atoms with E-state index < -0.39 is 12.6 Å². The lowest BCUT2D eigenvalue weighted by atomic mass is 10.1. The monoisotopic (exact) mass is 370 g/mol. The van der Waals surface area contributed by atoms with E-state index in [9.17, 15) is 14.4 Å². The highest BCUT2D eigenvalue weighted by molar-refractivity contribution is 6.05. The van der Waals surface area contributed by atoms with Gasteiger partial charge < -0.3 is 20.5 Å². The molecule has 0 radical (unpaired) electrons. The first-order valence-corrected chi connectivity index (χ1v) is 8.44. The fourth-order valence-corrected chi connectivity index (χ4v) is 2.32. The largest absolute Gasteiger partial charge is 0.482 e. The topological polar surface area (TPSA) is 105 Å². The number of rotatable bonds is 7. The van der Waals surface area contributed by atoms with Crippen molar-refractivity contribution >= 4 is 23.5 Å². The maximum Gasteiger partial charge on any atom is 0.341 e. The number of benzene rings is 2. The lowest BCUT2D eigenvalue weighted by Crippen LogP contribution is -2.30. The number of carboxylic acid groups (broad SMARTS) is 1. The molecule has 7 heteroatoms. The molecule has 2 aromatic carbocycles. The molecule has 2 rings (SSSR count). The number of ether oxygens (including phenoxy) is 1. The molecule has 0 saturated carbocycles. The highest BCUT2D eigenvalue weighted by Crippen LogP contribution is 2.22. The number of hydrogen-bond acceptors (Lipinski definition) is 4. The van der Waals surface area contributed by atoms with Crippen LogP contribution in [0.5, 0.6) is 5.75 Å². The van der Waals surface area contributed by atoms with E-state index in [4.69, 9.17) is 9.84 Å². The van der Waals surface area contributed by atoms with Gasteiger partial charge in [0, 0.05) is 22.9 Å². The van der Waals surface area contributed by atoms with Crippen molar-refractivity contribution in [3.8, 4) is 5.75 Å². The molecule has 0 saturated heterocycles. The molecule has 0 aliphatic rings. The Morgan fingerprint density at radius 3 is 2.11 bits per heavy atom. The normalized spacial score (nSPS) is 10.4. The molecular formula is C20H22N2O5. The number of anilines is 1. The highest BCUT2D eigenvalue weighted by atomic mass is 16.5. The third kappa shape index (κ3) is 5.85. The Morgan fingerprint density at radius 2 is 1.59 bits per heavy atom. The van der Waals surface area contributed by atoms with Gasteiger partial charge in [0.05, 0.1) is 0 Å². The molecule has 7 nitrogen and oxygen atoms in total. The smallest absolute Gasteiger partial charge is 0.341 e. The Morgan fingerprint density at radius 1 is 1.00 bits per heavy atom. The van der Waals surface area contributed by atoms with Gasteiger partial charge in [-0.2, -0.15) is 0 Å². The maximum absolute atomic E-state index is 12.4. The second kappa shape index (κ2) is 8.84. The minimum Gasteiger partial charge on any atom is -0.482 e. The summed E-state index contributed by atoms with van der Waals surface area (Å²) in [6.45, 7) is 5.10. The van der Waals surface area contributed by atoms with Crippen molar-refractivity contribution in [3.05, 3.63) is 59.2 Å². The van der Waals surface area contributed by atoms with E-state index in [1.807, 2.05) is 13.8 Å². The maximum atomic E-state index is 12.4. The molecule has 0 aromatic heterocycles. The second-order valence-corrected chi connectivity index (χ2v) is 6.32. The van der Waals surface area contributed by atoms with Gasteiger partial charge in [-0.3, -0.25) is 9.59 Å². The molecule has 0 aliphatic heterocycles. The van der Waals surface area contributed by atoms with Crippen molar-refractivity contribution in [2.75, 3.05) is 11.9 Å². The van der Waals surface area contributed by atoms with Crippen LogP contribution >= 0.6 is 0 Å². The molecule has 142 valence electrons. The number of carboxylic acids is 1. The Kier molecular flexibility index (Phi) is 6.54. The van der Waals surface area contributed by atoms with E-state index in [1.165, 1.54) is 0 Å². The predicted molar refractivity (Wildman–Crippen MR) is 101 cm³/mol. The number of nitrogens with one attached hydrogen (secondary N) is 2. The van der Waals surface area contributed by atoms with Crippen LogP contribution in [-0.4, -0.2) is 35.5 Å². The third-order valence-electron chi connectivity index (χ3n) is 3.64. The van der Waals surface area contributed by atoms with Gasteiger partial charge in [-0.05, 0) is 68.8 Å². The molecule has 0 fully saturated rings. The molecule has 0 aliphatic carbocycles. The molecule has 0 unspecified atom stereocenters. The molecule has 0 bridgehead atoms. The van der Waals surface area contributed by atoms with Crippen LogP contribution in [0.25, 0.3) is 0 Å². The van der Waals surface area contributed by atoms with E-state index in [0.29, 0.717) is 22.6 Å². The summed E-state index contributed by atoms with van der Waals surface area (Å²) in [6.07, 6.45) is 0. The standard InChI is InChI=1S/C20H22N2O5/c1-12(2)21-19(25)14-4-6-15(7-5-14)20(26)22-17-9-8-16(10-13(17)3)27-11-18(23)24/h4-10,12H,11H2,1-3H3,(H,21,25)(H,22,26)(H,23,24). The first kappa shape index (κ1) is 20.0. The fourth-order valence-electron chi connectivity index (χ4n) is 2.32. The molecule has 0 spiro atoms. The van der Waals surface area contributed by atoms with Gasteiger partial charge in [-0.25, -0.2) is 4.79 Å². The lowest BCUT2D eigenvalue weighted by Gasteiger charge is -2.11. The zero-order chi connectivity index (χ0) is 20.0. The van der Waals surface area contributed by atoms with Crippen molar-refractivity contribution in [1.82, 2.24) is 5.32 Å². The summed E-state index contributed by atoms with van der Waals surface area (Å²) in [7, 11) is 0. The SMILES string of the molecule is Cc1cc(OCC(=O)O)ccc1NC(=O)c1ccc(C(=O)NC(C)C)cc1. The summed E-state index contributed by atoms with van der Waals surface area (Å²) in [6, 6.07) is 11.3. The van der Waals surface area contributed by atoms with Crippen LogP contribution < -0.4 is 15.4 Å². The second-order valence-electron chi connectivity index (χ2n) is 6.32. The van der Waals surface area contributed by atoms with E-state index in [0.717, 1.165) is 5.56 Å². The first-order valence-electron chi connectivity index (χ1n) is 8.44. The van der Waals surface area contributed by atoms with Gasteiger partial charge >= 0.3 is 5.97 Å². The van der Waals surface area contributed by atoms with Gasteiger partial charge in [-0.1, -0.05) is 0 Å². The van der Waals surface area contributed by atoms with Crippen LogP contribution in [-0.2, 0) is 4.79 Å². The molecule has 2 amide bonds. The van der Waals surface area contributed by atoms with Crippen molar-refractivity contribution < 1.29 is 24.2 Å². The summed E-state index contributed by atoms with van der Waals surface area (Å²) in [5.74, 6) is -1.15. The Balaban J connectivity index is 2.04. The van der Waals surface area contributed by atoms with E-state index in [1.54, 1.807) is 49.4 Å². The van der Waals surface area contributed by atoms with Gasteiger partial charge in [-0.15, -0.1) is 0 Å². The van der Waals surface area contributed by atoms with Crippen LogP contribution in [0.1, 0.15) is 40.1 Å². The summed E-state index contributed by atoms with van der Waals surface area (Å²) >= 11 is 0. The average molecular weight is 370 g/mol. The summed E-state index contributed by atoms with van der Waals surface area (Å²) < 4.78 is 5.11. The minimum atomic E-state index is -1.06. The Hall–Kier alpha value is -3.35. The van der Waals surface area contributed by atoms with Gasteiger partial charge in [0.15, 0.2) is 6.61 Å². The number of hydrogen-bond donors (Lipinski definition) is 3. The van der Waals surface area contributed by atoms with Crippen LogP contribution in [0.15, 0.2) is 42.5 Å². The Labute approximate surface area is 157 Å². The Bertz CT molecular complexity index is 844. The minimum absolute atomic E-state index is 0.0332.